The second kappa shape index (κ2) is 9.72. The van der Waals surface area contributed by atoms with Gasteiger partial charge >= 0.3 is 6.01 Å². The zero-order valence-corrected chi connectivity index (χ0v) is 22.4. The summed E-state index contributed by atoms with van der Waals surface area (Å²) in [4.78, 5) is 15.0. The number of piperidine rings is 1. The summed E-state index contributed by atoms with van der Waals surface area (Å²) in [7, 11) is 2.19. The third-order valence-corrected chi connectivity index (χ3v) is 9.50. The number of nitrogens with one attached hydrogen (secondary N) is 1. The average Bonchev–Trinajstić information content (AvgIpc) is 3.49. The van der Waals surface area contributed by atoms with Crippen LogP contribution in [-0.4, -0.2) is 59.7 Å². The van der Waals surface area contributed by atoms with E-state index in [0.717, 1.165) is 42.2 Å². The Balaban J connectivity index is 1.23. The lowest BCUT2D eigenvalue weighted by molar-refractivity contribution is 0.186. The lowest BCUT2D eigenvalue weighted by Crippen LogP contribution is -2.39. The Labute approximate surface area is 224 Å². The molecule has 7 heteroatoms. The molecule has 6 nitrogen and oxygen atoms in total. The summed E-state index contributed by atoms with van der Waals surface area (Å²) < 4.78 is 6.34. The van der Waals surface area contributed by atoms with E-state index in [9.17, 15) is 0 Å². The van der Waals surface area contributed by atoms with Crippen LogP contribution in [0, 0.1) is 0 Å². The number of nitrogens with zero attached hydrogens (tertiary/aromatic N) is 4. The molecule has 3 saturated heterocycles. The Morgan fingerprint density at radius 3 is 2.62 bits per heavy atom. The molecule has 2 bridgehead atoms. The van der Waals surface area contributed by atoms with E-state index in [-0.39, 0.29) is 0 Å². The second-order valence-corrected chi connectivity index (χ2v) is 11.9. The molecule has 4 aliphatic heterocycles. The number of aromatic nitrogens is 2. The number of fused-ring (bicyclic) bond motifs is 4. The number of hydrogen-bond donors (Lipinski definition) is 1. The summed E-state index contributed by atoms with van der Waals surface area (Å²) >= 11 is 6.70. The largest absolute Gasteiger partial charge is 0.462 e. The molecule has 7 rings (SSSR count). The lowest BCUT2D eigenvalue weighted by atomic mass is 9.85. The van der Waals surface area contributed by atoms with Crippen LogP contribution in [0.4, 0.5) is 5.69 Å². The summed E-state index contributed by atoms with van der Waals surface area (Å²) in [5, 5.41) is 6.90. The van der Waals surface area contributed by atoms with Gasteiger partial charge in [0.25, 0.3) is 0 Å². The first kappa shape index (κ1) is 23.7. The number of likely N-dealkylation sites (N-methyl/N-ethyl adjacent to an activating group) is 1. The molecule has 0 aliphatic carbocycles. The van der Waals surface area contributed by atoms with Crippen molar-refractivity contribution >= 4 is 28.1 Å². The molecule has 0 spiro atoms. The summed E-state index contributed by atoms with van der Waals surface area (Å²) in [6.07, 6.45) is 8.31. The van der Waals surface area contributed by atoms with Crippen LogP contribution in [0.25, 0.3) is 10.8 Å². The van der Waals surface area contributed by atoms with E-state index in [1.165, 1.54) is 60.9 Å². The van der Waals surface area contributed by atoms with Crippen LogP contribution in [0.15, 0.2) is 36.4 Å². The molecule has 5 heterocycles. The predicted octanol–water partition coefficient (Wildman–Crippen LogP) is 5.32. The van der Waals surface area contributed by atoms with E-state index < -0.39 is 0 Å². The van der Waals surface area contributed by atoms with E-state index in [1.807, 2.05) is 12.1 Å². The summed E-state index contributed by atoms with van der Waals surface area (Å²) in [5.41, 5.74) is 4.93. The maximum atomic E-state index is 6.70. The van der Waals surface area contributed by atoms with Crippen molar-refractivity contribution in [1.29, 1.82) is 0 Å². The quantitative estimate of drug-likeness (QED) is 0.494. The fraction of sp³-hybridized carbons (Fsp3) is 0.533. The van der Waals surface area contributed by atoms with Crippen LogP contribution in [0.2, 0.25) is 5.02 Å². The molecule has 1 N–H and O–H groups in total. The van der Waals surface area contributed by atoms with Crippen LogP contribution in [0.1, 0.15) is 61.4 Å². The van der Waals surface area contributed by atoms with E-state index in [0.29, 0.717) is 36.7 Å². The highest BCUT2D eigenvalue weighted by Gasteiger charge is 2.37. The minimum Gasteiger partial charge on any atom is -0.462 e. The lowest BCUT2D eigenvalue weighted by Gasteiger charge is -2.35. The Kier molecular flexibility index (Phi) is 6.22. The molecular weight excluding hydrogens is 482 g/mol. The number of rotatable bonds is 5. The van der Waals surface area contributed by atoms with E-state index in [1.54, 1.807) is 0 Å². The number of ether oxygens (including phenoxy) is 1. The van der Waals surface area contributed by atoms with Gasteiger partial charge in [-0.2, -0.15) is 9.97 Å². The molecule has 1 aromatic heterocycles. The van der Waals surface area contributed by atoms with Crippen LogP contribution in [-0.2, 0) is 13.0 Å². The fourth-order valence-corrected chi connectivity index (χ4v) is 7.50. The Hall–Kier alpha value is -2.41. The Morgan fingerprint density at radius 1 is 1.03 bits per heavy atom. The van der Waals surface area contributed by atoms with Gasteiger partial charge in [0.1, 0.15) is 6.61 Å². The number of anilines is 1. The van der Waals surface area contributed by atoms with Crippen LogP contribution in [0.5, 0.6) is 6.01 Å². The van der Waals surface area contributed by atoms with Crippen molar-refractivity contribution in [3.8, 4) is 6.01 Å². The monoisotopic (exact) mass is 517 g/mol. The van der Waals surface area contributed by atoms with Crippen LogP contribution < -0.4 is 15.0 Å². The molecule has 0 saturated carbocycles. The van der Waals surface area contributed by atoms with Gasteiger partial charge in [-0.25, -0.2) is 0 Å². The van der Waals surface area contributed by atoms with Gasteiger partial charge in [-0.1, -0.05) is 35.9 Å². The van der Waals surface area contributed by atoms with Crippen molar-refractivity contribution < 1.29 is 4.74 Å². The molecule has 3 atom stereocenters. The SMILES string of the molecule is CN1CCC[C@H]1COc1nc2c(c(C3CC4CCC(C3)N4)n1)CCN(c1cccc3cccc(Cl)c13)C2. The van der Waals surface area contributed by atoms with Gasteiger partial charge in [0.15, 0.2) is 0 Å². The van der Waals surface area contributed by atoms with Crippen molar-refractivity contribution in [2.75, 3.05) is 31.6 Å². The average molecular weight is 518 g/mol. The zero-order valence-electron chi connectivity index (χ0n) is 21.6. The van der Waals surface area contributed by atoms with Crippen molar-refractivity contribution in [3.63, 3.8) is 0 Å². The minimum atomic E-state index is 0.451. The molecule has 3 fully saturated rings. The second-order valence-electron chi connectivity index (χ2n) is 11.5. The summed E-state index contributed by atoms with van der Waals surface area (Å²) in [6.45, 7) is 3.50. The first-order valence-electron chi connectivity index (χ1n) is 14.0. The van der Waals surface area contributed by atoms with Crippen LogP contribution in [0.3, 0.4) is 0 Å². The highest BCUT2D eigenvalue weighted by Crippen LogP contribution is 2.41. The van der Waals surface area contributed by atoms with Gasteiger partial charge in [-0.3, -0.25) is 0 Å². The number of likely N-dealkylation sites (tertiary alicyclic amines) is 1. The zero-order chi connectivity index (χ0) is 24.9. The first-order valence-corrected chi connectivity index (χ1v) is 14.4. The van der Waals surface area contributed by atoms with Gasteiger partial charge in [-0.05, 0) is 81.6 Å². The van der Waals surface area contributed by atoms with Crippen molar-refractivity contribution in [2.45, 2.75) is 75.5 Å². The molecule has 37 heavy (non-hydrogen) atoms. The maximum absolute atomic E-state index is 6.70. The predicted molar refractivity (Wildman–Crippen MR) is 149 cm³/mol. The fourth-order valence-electron chi connectivity index (χ4n) is 7.22. The number of halogens is 1. The molecule has 0 radical (unpaired) electrons. The number of hydrogen-bond acceptors (Lipinski definition) is 6. The molecule has 0 amide bonds. The Morgan fingerprint density at radius 2 is 1.84 bits per heavy atom. The van der Waals surface area contributed by atoms with Crippen LogP contribution >= 0.6 is 11.6 Å². The maximum Gasteiger partial charge on any atom is 0.316 e. The van der Waals surface area contributed by atoms with E-state index in [2.05, 4.69) is 46.4 Å². The van der Waals surface area contributed by atoms with Crippen molar-refractivity contribution in [1.82, 2.24) is 20.2 Å². The minimum absolute atomic E-state index is 0.451. The molecule has 2 aromatic carbocycles. The molecular formula is C30H36ClN5O. The first-order chi connectivity index (χ1) is 18.1. The van der Waals surface area contributed by atoms with Gasteiger partial charge in [0.2, 0.25) is 0 Å². The summed E-state index contributed by atoms with van der Waals surface area (Å²) in [6, 6.07) is 14.9. The van der Waals surface area contributed by atoms with Gasteiger partial charge in [-0.15, -0.1) is 0 Å². The molecule has 194 valence electrons. The molecule has 2 unspecified atom stereocenters. The third kappa shape index (κ3) is 4.47. The van der Waals surface area contributed by atoms with Gasteiger partial charge in [0.05, 0.1) is 23.0 Å². The topological polar surface area (TPSA) is 53.5 Å². The standard InChI is InChI=1S/C30H36ClN5O/c1-35-13-4-7-23(35)18-37-30-33-26-17-36(27-9-3-6-19-5-2-8-25(31)28(19)27)14-12-24(26)29(34-30)20-15-21-10-11-22(16-20)32-21/h2-3,5-6,8-9,20-23,32H,4,7,10-18H2,1H3/t20?,21?,22?,23-/m0/s1. The highest BCUT2D eigenvalue weighted by molar-refractivity contribution is 6.36. The van der Waals surface area contributed by atoms with Crippen molar-refractivity contribution in [3.05, 3.63) is 58.4 Å². The van der Waals surface area contributed by atoms with E-state index in [4.69, 9.17) is 26.3 Å². The van der Waals surface area contributed by atoms with Gasteiger partial charge < -0.3 is 19.9 Å². The highest BCUT2D eigenvalue weighted by atomic mass is 35.5. The van der Waals surface area contributed by atoms with E-state index >= 15 is 0 Å². The third-order valence-electron chi connectivity index (χ3n) is 9.19. The van der Waals surface area contributed by atoms with Crippen molar-refractivity contribution in [2.24, 2.45) is 0 Å². The Bertz CT molecular complexity index is 1300. The normalized spacial score (nSPS) is 27.6. The smallest absolute Gasteiger partial charge is 0.316 e. The van der Waals surface area contributed by atoms with Gasteiger partial charge in [0, 0.05) is 41.7 Å². The summed E-state index contributed by atoms with van der Waals surface area (Å²) in [5.74, 6) is 0.491. The molecule has 3 aromatic rings. The molecule has 4 aliphatic rings. The number of benzene rings is 2.